The molecule has 0 spiro atoms. The topological polar surface area (TPSA) is 144 Å². The van der Waals surface area contributed by atoms with Crippen LogP contribution in [0.1, 0.15) is 74.4 Å². The van der Waals surface area contributed by atoms with Crippen LogP contribution in [-0.4, -0.2) is 67.5 Å². The van der Waals surface area contributed by atoms with Gasteiger partial charge in [0.25, 0.3) is 0 Å². The minimum absolute atomic E-state index is 0.00698. The summed E-state index contributed by atoms with van der Waals surface area (Å²) < 4.78 is 18.1. The molecule has 282 valence electrons. The van der Waals surface area contributed by atoms with Gasteiger partial charge in [-0.15, -0.1) is 11.3 Å². The van der Waals surface area contributed by atoms with Crippen molar-refractivity contribution in [2.24, 2.45) is 11.8 Å². The third-order valence-electron chi connectivity index (χ3n) is 9.83. The van der Waals surface area contributed by atoms with Gasteiger partial charge in [-0.25, -0.2) is 9.59 Å². The van der Waals surface area contributed by atoms with Crippen LogP contribution in [0.3, 0.4) is 0 Å². The predicted octanol–water partition coefficient (Wildman–Crippen LogP) is 6.98. The van der Waals surface area contributed by atoms with Crippen molar-refractivity contribution in [2.45, 2.75) is 50.6 Å². The summed E-state index contributed by atoms with van der Waals surface area (Å²) in [6.07, 6.45) is 6.68. The van der Waals surface area contributed by atoms with Gasteiger partial charge in [0.1, 0.15) is 26.7 Å². The van der Waals surface area contributed by atoms with Crippen molar-refractivity contribution < 1.29 is 38.7 Å². The van der Waals surface area contributed by atoms with Crippen molar-refractivity contribution in [1.29, 1.82) is 0 Å². The second-order valence-electron chi connectivity index (χ2n) is 13.8. The minimum atomic E-state index is -1.12. The Morgan fingerprint density at radius 1 is 1.00 bits per heavy atom. The van der Waals surface area contributed by atoms with Gasteiger partial charge in [-0.2, -0.15) is 4.73 Å². The van der Waals surface area contributed by atoms with E-state index in [1.165, 1.54) is 24.5 Å². The molecule has 14 heteroatoms. The quantitative estimate of drug-likeness (QED) is 0.0619. The highest BCUT2D eigenvalue weighted by molar-refractivity contribution is 7.14. The van der Waals surface area contributed by atoms with Crippen molar-refractivity contribution in [3.8, 4) is 17.2 Å². The highest BCUT2D eigenvalue weighted by Crippen LogP contribution is 2.42. The zero-order valence-corrected chi connectivity index (χ0v) is 31.9. The summed E-state index contributed by atoms with van der Waals surface area (Å²) in [5.74, 6) is -0.351. The molecule has 1 saturated carbocycles. The number of aromatic nitrogens is 1. The van der Waals surface area contributed by atoms with Crippen LogP contribution >= 0.6 is 34.5 Å². The lowest BCUT2D eigenvalue weighted by atomic mass is 9.85. The number of aromatic carboxylic acids is 1. The molecular weight excluding hydrogens is 741 g/mol. The van der Waals surface area contributed by atoms with E-state index >= 15 is 0 Å². The van der Waals surface area contributed by atoms with Crippen molar-refractivity contribution in [2.75, 3.05) is 40.5 Å². The average molecular weight is 785 g/mol. The Kier molecular flexibility index (Phi) is 12.7. The number of pyridine rings is 1. The van der Waals surface area contributed by atoms with Gasteiger partial charge < -0.3 is 34.5 Å². The number of rotatable bonds is 16. The van der Waals surface area contributed by atoms with E-state index in [9.17, 15) is 25.0 Å². The molecule has 2 aliphatic rings. The van der Waals surface area contributed by atoms with Gasteiger partial charge >= 0.3 is 11.9 Å². The Morgan fingerprint density at radius 2 is 1.72 bits per heavy atom. The minimum Gasteiger partial charge on any atom is -0.619 e. The van der Waals surface area contributed by atoms with E-state index in [-0.39, 0.29) is 39.6 Å². The molecule has 1 aliphatic carbocycles. The number of nitrogens with one attached hydrogen (secondary N) is 1. The third kappa shape index (κ3) is 9.93. The Labute approximate surface area is 322 Å². The SMILES string of the molecule is COc1ccc(C(Cc2c(Cl)c[n+]([O-])cc2Cl)c2cc(CNC(C(=O)OCC3CCN(C)CC3)c3cccc(O)c3)sc2C(=O)O)cc1OCC1CC1. The first kappa shape index (κ1) is 38.6. The number of carbonyl (C=O) groups is 2. The second kappa shape index (κ2) is 17.4. The summed E-state index contributed by atoms with van der Waals surface area (Å²) in [7, 11) is 3.64. The van der Waals surface area contributed by atoms with E-state index in [1.807, 2.05) is 18.2 Å². The molecule has 6 rings (SSSR count). The van der Waals surface area contributed by atoms with Gasteiger partial charge in [-0.1, -0.05) is 41.4 Å². The molecule has 0 bridgehead atoms. The standard InChI is InChI=1S/C39H43Cl2N3O8S/c1-43-12-10-24(11-13-43)22-52-39(48)36(26-4-3-5-27(45)14-26)42-18-28-16-30(37(53-28)38(46)47)29(17-31-32(40)19-44(49)20-33(31)41)25-8-9-34(50-2)35(15-25)51-21-23-6-7-23/h3-5,8-9,14-16,19-20,23-24,29,36,42,45H,6-7,10-13,17-18,21-22H2,1-2H3,(H,46,47). The van der Waals surface area contributed by atoms with Crippen LogP contribution in [0.4, 0.5) is 0 Å². The molecule has 11 nitrogen and oxygen atoms in total. The lowest BCUT2D eigenvalue weighted by Crippen LogP contribution is -2.34. The molecule has 1 aliphatic heterocycles. The number of ether oxygens (including phenoxy) is 3. The van der Waals surface area contributed by atoms with E-state index < -0.39 is 23.9 Å². The Morgan fingerprint density at radius 3 is 2.38 bits per heavy atom. The Bertz CT molecular complexity index is 1910. The van der Waals surface area contributed by atoms with E-state index in [0.29, 0.717) is 56.9 Å². The second-order valence-corrected chi connectivity index (χ2v) is 15.8. The number of phenolic OH excluding ortho intramolecular Hbond substituents is 1. The molecule has 2 unspecified atom stereocenters. The fourth-order valence-electron chi connectivity index (χ4n) is 6.58. The van der Waals surface area contributed by atoms with Gasteiger partial charge in [-0.3, -0.25) is 5.32 Å². The molecule has 3 heterocycles. The molecule has 3 N–H and O–H groups in total. The van der Waals surface area contributed by atoms with Crippen molar-refractivity contribution in [3.63, 3.8) is 0 Å². The number of carboxylic acid groups (broad SMARTS) is 1. The number of methoxy groups -OCH3 is 1. The van der Waals surface area contributed by atoms with Crippen molar-refractivity contribution >= 4 is 46.5 Å². The summed E-state index contributed by atoms with van der Waals surface area (Å²) in [5, 5.41) is 36.4. The fourth-order valence-corrected chi connectivity index (χ4v) is 8.19. The zero-order chi connectivity index (χ0) is 37.6. The fraction of sp³-hybridized carbons (Fsp3) is 0.410. The first-order valence-electron chi connectivity index (χ1n) is 17.6. The third-order valence-corrected chi connectivity index (χ3v) is 11.6. The number of aromatic hydroxyl groups is 1. The molecule has 4 aromatic rings. The molecule has 1 saturated heterocycles. The summed E-state index contributed by atoms with van der Waals surface area (Å²) in [6, 6.07) is 12.8. The maximum atomic E-state index is 13.6. The molecule has 2 fully saturated rings. The Balaban J connectivity index is 1.32. The van der Waals surface area contributed by atoms with Crippen LogP contribution in [-0.2, 0) is 22.5 Å². The van der Waals surface area contributed by atoms with Crippen molar-refractivity contribution in [3.05, 3.63) is 108 Å². The molecule has 2 aromatic carbocycles. The van der Waals surface area contributed by atoms with E-state index in [2.05, 4.69) is 17.3 Å². The highest BCUT2D eigenvalue weighted by atomic mass is 35.5. The van der Waals surface area contributed by atoms with Crippen LogP contribution < -0.4 is 19.5 Å². The number of benzene rings is 2. The zero-order valence-electron chi connectivity index (χ0n) is 29.6. The van der Waals surface area contributed by atoms with Crippen LogP contribution in [0.2, 0.25) is 10.0 Å². The van der Waals surface area contributed by atoms with E-state index in [1.54, 1.807) is 25.3 Å². The molecule has 53 heavy (non-hydrogen) atoms. The first-order valence-corrected chi connectivity index (χ1v) is 19.2. The maximum Gasteiger partial charge on any atom is 0.346 e. The number of likely N-dealkylation sites (tertiary alicyclic amines) is 1. The van der Waals surface area contributed by atoms with Crippen molar-refractivity contribution in [1.82, 2.24) is 10.2 Å². The normalized spacial score (nSPS) is 16.2. The van der Waals surface area contributed by atoms with Crippen LogP contribution in [0.15, 0.2) is 60.9 Å². The molecule has 2 aromatic heterocycles. The van der Waals surface area contributed by atoms with Crippen LogP contribution in [0.25, 0.3) is 0 Å². The number of hydrogen-bond donors (Lipinski definition) is 3. The van der Waals surface area contributed by atoms with Gasteiger partial charge in [0, 0.05) is 22.9 Å². The first-order chi connectivity index (χ1) is 25.5. The number of carboxylic acids is 1. The lowest BCUT2D eigenvalue weighted by molar-refractivity contribution is -0.605. The van der Waals surface area contributed by atoms with E-state index in [4.69, 9.17) is 37.4 Å². The molecular formula is C39H43Cl2N3O8S. The van der Waals surface area contributed by atoms with Crippen LogP contribution in [0.5, 0.6) is 17.2 Å². The lowest BCUT2D eigenvalue weighted by Gasteiger charge is -2.29. The average Bonchev–Trinajstić information content (AvgIpc) is 3.87. The van der Waals surface area contributed by atoms with Gasteiger partial charge in [0.2, 0.25) is 0 Å². The number of esters is 1. The summed E-state index contributed by atoms with van der Waals surface area (Å²) in [5.41, 5.74) is 2.24. The predicted molar refractivity (Wildman–Crippen MR) is 202 cm³/mol. The maximum absolute atomic E-state index is 13.6. The number of halogens is 2. The smallest absolute Gasteiger partial charge is 0.346 e. The van der Waals surface area contributed by atoms with Gasteiger partial charge in [-0.05, 0) is 111 Å². The van der Waals surface area contributed by atoms with Gasteiger partial charge in [0.15, 0.2) is 23.9 Å². The monoisotopic (exact) mass is 783 g/mol. The summed E-state index contributed by atoms with van der Waals surface area (Å²) >= 11 is 14.2. The largest absolute Gasteiger partial charge is 0.619 e. The number of nitrogens with zero attached hydrogens (tertiary/aromatic N) is 2. The number of carbonyl (C=O) groups excluding carboxylic acids is 1. The highest BCUT2D eigenvalue weighted by Gasteiger charge is 2.30. The molecule has 0 amide bonds. The molecule has 2 atom stereocenters. The summed E-state index contributed by atoms with van der Waals surface area (Å²) in [6.45, 7) is 2.85. The van der Waals surface area contributed by atoms with Crippen LogP contribution in [0, 0.1) is 17.0 Å². The number of piperidine rings is 1. The molecule has 0 radical (unpaired) electrons. The summed E-state index contributed by atoms with van der Waals surface area (Å²) in [4.78, 5) is 29.5. The number of phenols is 1. The number of hydrogen-bond acceptors (Lipinski definition) is 10. The Hall–Kier alpha value is -4.07. The number of thiophene rings is 1. The van der Waals surface area contributed by atoms with Gasteiger partial charge in [0.05, 0.1) is 20.3 Å². The van der Waals surface area contributed by atoms with E-state index in [0.717, 1.165) is 55.7 Å².